The van der Waals surface area contributed by atoms with Gasteiger partial charge in [0.2, 0.25) is 27.7 Å². The zero-order valence-electron chi connectivity index (χ0n) is 29.2. The molecule has 2 aliphatic carbocycles. The molecule has 50 heavy (non-hydrogen) atoms. The van der Waals surface area contributed by atoms with Crippen LogP contribution in [0.15, 0.2) is 43.1 Å². The van der Waals surface area contributed by atoms with Crippen molar-refractivity contribution in [3.63, 3.8) is 0 Å². The highest BCUT2D eigenvalue weighted by Gasteiger charge is 2.63. The third-order valence-corrected chi connectivity index (χ3v) is 12.6. The number of fused-ring (bicyclic) bond motifs is 1. The van der Waals surface area contributed by atoms with Crippen molar-refractivity contribution in [2.45, 2.75) is 88.3 Å². The molecular weight excluding hydrogens is 664 g/mol. The summed E-state index contributed by atoms with van der Waals surface area (Å²) in [6.45, 7) is 12.0. The van der Waals surface area contributed by atoms with Gasteiger partial charge in [0.05, 0.1) is 18.4 Å². The molecule has 6 rings (SSSR count). The van der Waals surface area contributed by atoms with E-state index in [-0.39, 0.29) is 25.4 Å². The summed E-state index contributed by atoms with van der Waals surface area (Å²) in [5.41, 5.74) is -2.27. The number of sulfonamides is 1. The Hall–Kier alpha value is -4.40. The first-order valence-electron chi connectivity index (χ1n) is 17.0. The fourth-order valence-electron chi connectivity index (χ4n) is 6.55. The lowest BCUT2D eigenvalue weighted by molar-refractivity contribution is -0.142. The van der Waals surface area contributed by atoms with Gasteiger partial charge < -0.3 is 29.9 Å². The van der Waals surface area contributed by atoms with Crippen molar-refractivity contribution < 1.29 is 37.1 Å². The molecule has 4 fully saturated rings. The van der Waals surface area contributed by atoms with Crippen molar-refractivity contribution in [1.82, 2.24) is 30.1 Å². The van der Waals surface area contributed by atoms with E-state index < -0.39 is 67.6 Å². The Balaban J connectivity index is 1.28. The van der Waals surface area contributed by atoms with Crippen molar-refractivity contribution in [1.29, 1.82) is 0 Å². The number of nitrogens with one attached hydrogen (secondary N) is 3. The molecule has 0 spiro atoms. The van der Waals surface area contributed by atoms with Gasteiger partial charge >= 0.3 is 6.03 Å². The van der Waals surface area contributed by atoms with Crippen molar-refractivity contribution in [3.05, 3.63) is 43.1 Å². The highest BCUT2D eigenvalue weighted by Crippen LogP contribution is 2.47. The number of urea groups is 1. The first kappa shape index (κ1) is 35.4. The van der Waals surface area contributed by atoms with E-state index in [9.17, 15) is 27.6 Å². The van der Waals surface area contributed by atoms with Gasteiger partial charge in [-0.25, -0.2) is 18.2 Å². The highest BCUT2D eigenvalue weighted by molar-refractivity contribution is 7.91. The number of benzene rings is 1. The number of likely N-dealkylation sites (tertiary alicyclic amines) is 2. The van der Waals surface area contributed by atoms with E-state index in [4.69, 9.17) is 9.47 Å². The maximum atomic E-state index is 14.4. The van der Waals surface area contributed by atoms with Crippen LogP contribution >= 0.6 is 0 Å². The second-order valence-electron chi connectivity index (χ2n) is 15.2. The van der Waals surface area contributed by atoms with Crippen molar-refractivity contribution in [2.75, 3.05) is 26.7 Å². The van der Waals surface area contributed by atoms with E-state index in [0.717, 1.165) is 11.8 Å². The fraction of sp³-hybridized carbons (Fsp3) is 0.571. The molecule has 5 atom stereocenters. The maximum Gasteiger partial charge on any atom is 0.318 e. The first-order chi connectivity index (χ1) is 23.5. The van der Waals surface area contributed by atoms with Crippen LogP contribution in [0.2, 0.25) is 0 Å². The first-order valence-corrected chi connectivity index (χ1v) is 18.5. The van der Waals surface area contributed by atoms with E-state index in [1.807, 2.05) is 39.0 Å². The lowest BCUT2D eigenvalue weighted by atomic mass is 9.85. The summed E-state index contributed by atoms with van der Waals surface area (Å²) in [5.74, 6) is -1.50. The number of hydrogen-bond donors (Lipinski definition) is 3. The Morgan fingerprint density at radius 3 is 2.44 bits per heavy atom. The molecule has 15 heteroatoms. The third-order valence-electron chi connectivity index (χ3n) is 10.5. The van der Waals surface area contributed by atoms with Crippen LogP contribution in [-0.2, 0) is 24.4 Å². The number of ether oxygens (including phenoxy) is 2. The summed E-state index contributed by atoms with van der Waals surface area (Å²) in [6.07, 6.45) is 4.38. The van der Waals surface area contributed by atoms with Gasteiger partial charge in [0.25, 0.3) is 5.91 Å². The Kier molecular flexibility index (Phi) is 9.02. The zero-order chi connectivity index (χ0) is 36.2. The summed E-state index contributed by atoms with van der Waals surface area (Å²) >= 11 is 0. The van der Waals surface area contributed by atoms with Gasteiger partial charge in [-0.05, 0) is 67.7 Å². The Bertz CT molecular complexity index is 1840. The van der Waals surface area contributed by atoms with Crippen LogP contribution in [0.5, 0.6) is 11.6 Å². The molecule has 4 aliphatic rings. The van der Waals surface area contributed by atoms with Crippen molar-refractivity contribution in [2.24, 2.45) is 11.3 Å². The van der Waals surface area contributed by atoms with Gasteiger partial charge in [-0.3, -0.25) is 19.1 Å². The number of pyridine rings is 1. The number of nitrogens with zero attached hydrogens (tertiary/aromatic N) is 3. The van der Waals surface area contributed by atoms with Crippen molar-refractivity contribution >= 4 is 44.5 Å². The van der Waals surface area contributed by atoms with E-state index in [1.165, 1.54) is 11.0 Å². The van der Waals surface area contributed by atoms with Crippen LogP contribution in [0, 0.1) is 11.3 Å². The SMILES string of the molecule is C=C[C@@H]1C[C@]1(NC(=O)[C@@H]1C[C@@H](Oc2nccc3cc(OC)ccc23)CN1C(=O)[C@@H](NC(=O)N1CCC1)C(C)(C)C)C(=O)NS(=O)(=O)C1(C)CC1. The number of methoxy groups -OCH3 is 1. The average molecular weight is 711 g/mol. The molecule has 0 unspecified atom stereocenters. The third kappa shape index (κ3) is 6.59. The minimum atomic E-state index is -3.98. The molecule has 3 heterocycles. The number of carbonyl (C=O) groups excluding carboxylic acids is 4. The number of aromatic nitrogens is 1. The normalized spacial score (nSPS) is 25.9. The largest absolute Gasteiger partial charge is 0.497 e. The molecule has 2 saturated heterocycles. The molecule has 2 saturated carbocycles. The molecule has 270 valence electrons. The molecular formula is C35H46N6O8S. The molecule has 2 aliphatic heterocycles. The van der Waals surface area contributed by atoms with Crippen LogP contribution in [0.4, 0.5) is 4.79 Å². The van der Waals surface area contributed by atoms with E-state index in [0.29, 0.717) is 42.9 Å². The Labute approximate surface area is 292 Å². The van der Waals surface area contributed by atoms with Crippen LogP contribution in [0.1, 0.15) is 59.8 Å². The topological polar surface area (TPSA) is 176 Å². The highest BCUT2D eigenvalue weighted by atomic mass is 32.2. The molecule has 1 aromatic heterocycles. The predicted molar refractivity (Wildman–Crippen MR) is 185 cm³/mol. The van der Waals surface area contributed by atoms with E-state index >= 15 is 0 Å². The van der Waals surface area contributed by atoms with Gasteiger partial charge in [-0.15, -0.1) is 6.58 Å². The quantitative estimate of drug-likeness (QED) is 0.296. The van der Waals surface area contributed by atoms with Crippen molar-refractivity contribution in [3.8, 4) is 11.6 Å². The summed E-state index contributed by atoms with van der Waals surface area (Å²) in [5, 5.41) is 7.23. The molecule has 0 radical (unpaired) electrons. The molecule has 1 aromatic carbocycles. The summed E-state index contributed by atoms with van der Waals surface area (Å²) < 4.78 is 38.8. The minimum Gasteiger partial charge on any atom is -0.497 e. The van der Waals surface area contributed by atoms with Crippen LogP contribution in [0.25, 0.3) is 10.8 Å². The van der Waals surface area contributed by atoms with Gasteiger partial charge in [0, 0.05) is 37.0 Å². The van der Waals surface area contributed by atoms with Gasteiger partial charge in [-0.2, -0.15) is 0 Å². The molecule has 5 amide bonds. The number of carbonyl (C=O) groups is 4. The summed E-state index contributed by atoms with van der Waals surface area (Å²) in [4.78, 5) is 62.7. The van der Waals surface area contributed by atoms with Gasteiger partial charge in [-0.1, -0.05) is 26.8 Å². The fourth-order valence-corrected chi connectivity index (χ4v) is 7.86. The minimum absolute atomic E-state index is 0.00583. The Morgan fingerprint density at radius 2 is 1.86 bits per heavy atom. The van der Waals surface area contributed by atoms with E-state index in [2.05, 4.69) is 26.9 Å². The molecule has 2 aromatic rings. The lowest BCUT2D eigenvalue weighted by Gasteiger charge is -2.38. The van der Waals surface area contributed by atoms with Crippen LogP contribution in [-0.4, -0.2) is 102 Å². The second-order valence-corrected chi connectivity index (χ2v) is 17.4. The molecule has 14 nitrogen and oxygen atoms in total. The van der Waals surface area contributed by atoms with Gasteiger partial charge in [0.1, 0.15) is 29.5 Å². The van der Waals surface area contributed by atoms with Gasteiger partial charge in [0.15, 0.2) is 0 Å². The van der Waals surface area contributed by atoms with Crippen LogP contribution < -0.4 is 24.8 Å². The Morgan fingerprint density at radius 1 is 1.14 bits per heavy atom. The zero-order valence-corrected chi connectivity index (χ0v) is 30.0. The standard InChI is InChI=1S/C35H46N6O8S/c1-7-22-19-35(22,31(44)39-50(46,47)34(5)12-13-34)38-28(42)26-18-24(49-29-25-10-9-23(48-6)17-21(25)11-14-36-29)20-41(26)30(43)27(33(2,3)4)37-32(45)40-15-8-16-40/h7,9-11,14,17,22,24,26-27H,1,8,12-13,15-16,18-20H2,2-6H3,(H,37,45)(H,38,42)(H,39,44)/t22-,24-,26+,27-,35-/m1/s1. The second kappa shape index (κ2) is 12.7. The molecule has 3 N–H and O–H groups in total. The predicted octanol–water partition coefficient (Wildman–Crippen LogP) is 2.48. The lowest BCUT2D eigenvalue weighted by Crippen LogP contribution is -2.62. The summed E-state index contributed by atoms with van der Waals surface area (Å²) in [6, 6.07) is 4.81. The maximum absolute atomic E-state index is 14.4. The molecule has 0 bridgehead atoms. The van der Waals surface area contributed by atoms with E-state index in [1.54, 1.807) is 31.2 Å². The monoisotopic (exact) mass is 710 g/mol. The van der Waals surface area contributed by atoms with Crippen LogP contribution in [0.3, 0.4) is 0 Å². The number of hydrogen-bond acceptors (Lipinski definition) is 9. The number of amides is 5. The summed E-state index contributed by atoms with van der Waals surface area (Å²) in [7, 11) is -2.40. The smallest absolute Gasteiger partial charge is 0.318 e. The average Bonchev–Trinajstić information content (AvgIpc) is 3.92. The number of rotatable bonds is 11.